The number of carbonyl (C=O) groups excluding carboxylic acids is 1. The maximum atomic E-state index is 12.6. The van der Waals surface area contributed by atoms with Crippen molar-refractivity contribution in [2.24, 2.45) is 23.5 Å². The van der Waals surface area contributed by atoms with E-state index < -0.39 is 0 Å². The Balaban J connectivity index is 2.55. The number of hydrogen-bond donors (Lipinski definition) is 1. The highest BCUT2D eigenvalue weighted by atomic mass is 16.2. The van der Waals surface area contributed by atoms with E-state index in [1.807, 2.05) is 4.90 Å². The van der Waals surface area contributed by atoms with Crippen LogP contribution in [-0.2, 0) is 4.79 Å². The molecule has 0 aromatic rings. The van der Waals surface area contributed by atoms with Gasteiger partial charge in [0.15, 0.2) is 0 Å². The molecule has 1 fully saturated rings. The number of amides is 1. The summed E-state index contributed by atoms with van der Waals surface area (Å²) >= 11 is 0. The molecule has 0 spiro atoms. The Morgan fingerprint density at radius 2 is 1.76 bits per heavy atom. The molecule has 1 aliphatic rings. The van der Waals surface area contributed by atoms with Gasteiger partial charge in [0.1, 0.15) is 0 Å². The molecule has 1 aliphatic heterocycles. The molecule has 1 heterocycles. The number of rotatable bonds is 7. The van der Waals surface area contributed by atoms with Crippen LogP contribution in [0.3, 0.4) is 0 Å². The lowest BCUT2D eigenvalue weighted by Crippen LogP contribution is -2.48. The number of piperidine rings is 1. The Morgan fingerprint density at radius 1 is 1.19 bits per heavy atom. The van der Waals surface area contributed by atoms with Gasteiger partial charge in [0.2, 0.25) is 5.91 Å². The molecule has 1 rings (SSSR count). The van der Waals surface area contributed by atoms with E-state index in [9.17, 15) is 4.79 Å². The number of hydrogen-bond acceptors (Lipinski definition) is 3. The van der Waals surface area contributed by atoms with Crippen LogP contribution < -0.4 is 5.73 Å². The molecule has 0 aromatic heterocycles. The fraction of sp³-hybridized carbons (Fsp3) is 0.941. The van der Waals surface area contributed by atoms with Gasteiger partial charge < -0.3 is 10.6 Å². The highest BCUT2D eigenvalue weighted by Crippen LogP contribution is 2.18. The Kier molecular flexibility index (Phi) is 7.67. The highest BCUT2D eigenvalue weighted by Gasteiger charge is 2.25. The van der Waals surface area contributed by atoms with Crippen LogP contribution in [0.5, 0.6) is 0 Å². The largest absolute Gasteiger partial charge is 0.341 e. The van der Waals surface area contributed by atoms with Crippen molar-refractivity contribution in [2.75, 3.05) is 32.7 Å². The van der Waals surface area contributed by atoms with E-state index in [1.54, 1.807) is 0 Å². The summed E-state index contributed by atoms with van der Waals surface area (Å²) < 4.78 is 0. The SMILES string of the molecule is CC(C)CN(CC(C)C)C(=O)CN1CCCC(C(C)N)C1. The quantitative estimate of drug-likeness (QED) is 0.783. The molecule has 0 aliphatic carbocycles. The van der Waals surface area contributed by atoms with Gasteiger partial charge in [-0.1, -0.05) is 27.7 Å². The first-order chi connectivity index (χ1) is 9.79. The van der Waals surface area contributed by atoms with Crippen molar-refractivity contribution in [3.63, 3.8) is 0 Å². The fourth-order valence-corrected chi connectivity index (χ4v) is 3.12. The van der Waals surface area contributed by atoms with Gasteiger partial charge in [-0.3, -0.25) is 9.69 Å². The lowest BCUT2D eigenvalue weighted by Gasteiger charge is -2.36. The molecule has 2 N–H and O–H groups in total. The second-order valence-corrected chi connectivity index (χ2v) is 7.58. The highest BCUT2D eigenvalue weighted by molar-refractivity contribution is 5.78. The molecule has 0 saturated carbocycles. The van der Waals surface area contributed by atoms with Crippen LogP contribution in [-0.4, -0.2) is 54.5 Å². The Labute approximate surface area is 131 Å². The van der Waals surface area contributed by atoms with E-state index in [0.717, 1.165) is 32.6 Å². The van der Waals surface area contributed by atoms with E-state index in [0.29, 0.717) is 24.3 Å². The van der Waals surface area contributed by atoms with Gasteiger partial charge in [-0.05, 0) is 44.1 Å². The predicted octanol–water partition coefficient (Wildman–Crippen LogP) is 2.19. The second kappa shape index (κ2) is 8.74. The molecule has 0 aromatic carbocycles. The average molecular weight is 297 g/mol. The summed E-state index contributed by atoms with van der Waals surface area (Å²) in [5.74, 6) is 1.86. The van der Waals surface area contributed by atoms with Gasteiger partial charge in [0.05, 0.1) is 6.54 Å². The molecule has 4 heteroatoms. The number of nitrogens with zero attached hydrogens (tertiary/aromatic N) is 2. The number of likely N-dealkylation sites (tertiary alicyclic amines) is 1. The maximum absolute atomic E-state index is 12.6. The molecular formula is C17H35N3O. The van der Waals surface area contributed by atoms with Crippen LogP contribution in [0.15, 0.2) is 0 Å². The summed E-state index contributed by atoms with van der Waals surface area (Å²) in [7, 11) is 0. The Hall–Kier alpha value is -0.610. The summed E-state index contributed by atoms with van der Waals surface area (Å²) in [4.78, 5) is 17.0. The molecular weight excluding hydrogens is 262 g/mol. The zero-order chi connectivity index (χ0) is 16.0. The molecule has 0 bridgehead atoms. The minimum atomic E-state index is 0.227. The molecule has 124 valence electrons. The van der Waals surface area contributed by atoms with Crippen molar-refractivity contribution in [2.45, 2.75) is 53.5 Å². The zero-order valence-corrected chi connectivity index (χ0v) is 14.6. The zero-order valence-electron chi connectivity index (χ0n) is 14.6. The van der Waals surface area contributed by atoms with E-state index in [2.05, 4.69) is 39.5 Å². The van der Waals surface area contributed by atoms with E-state index in [1.165, 1.54) is 6.42 Å². The van der Waals surface area contributed by atoms with Gasteiger partial charge in [0.25, 0.3) is 0 Å². The van der Waals surface area contributed by atoms with Gasteiger partial charge in [-0.25, -0.2) is 0 Å². The lowest BCUT2D eigenvalue weighted by atomic mass is 9.92. The summed E-state index contributed by atoms with van der Waals surface area (Å²) in [5, 5.41) is 0. The molecule has 0 radical (unpaired) electrons. The standard InChI is InChI=1S/C17H35N3O/c1-13(2)9-20(10-14(3)4)17(21)12-19-8-6-7-16(11-19)15(5)18/h13-16H,6-12,18H2,1-5H3. The summed E-state index contributed by atoms with van der Waals surface area (Å²) in [6.45, 7) is 15.1. The Morgan fingerprint density at radius 3 is 2.24 bits per heavy atom. The number of nitrogens with two attached hydrogens (primary N) is 1. The summed E-state index contributed by atoms with van der Waals surface area (Å²) in [6, 6.07) is 0.227. The van der Waals surface area contributed by atoms with Crippen molar-refractivity contribution in [1.29, 1.82) is 0 Å². The lowest BCUT2D eigenvalue weighted by molar-refractivity contribution is -0.134. The second-order valence-electron chi connectivity index (χ2n) is 7.58. The molecule has 1 amide bonds. The van der Waals surface area contributed by atoms with Crippen molar-refractivity contribution in [3.05, 3.63) is 0 Å². The average Bonchev–Trinajstić information content (AvgIpc) is 2.37. The van der Waals surface area contributed by atoms with Crippen molar-refractivity contribution < 1.29 is 4.79 Å². The first kappa shape index (κ1) is 18.4. The van der Waals surface area contributed by atoms with Gasteiger partial charge in [0, 0.05) is 25.7 Å². The number of carbonyl (C=O) groups is 1. The van der Waals surface area contributed by atoms with E-state index >= 15 is 0 Å². The first-order valence-electron chi connectivity index (χ1n) is 8.55. The van der Waals surface area contributed by atoms with Gasteiger partial charge in [-0.2, -0.15) is 0 Å². The third-order valence-electron chi connectivity index (χ3n) is 4.17. The molecule has 2 unspecified atom stereocenters. The third kappa shape index (κ3) is 6.79. The monoisotopic (exact) mass is 297 g/mol. The van der Waals surface area contributed by atoms with Crippen LogP contribution >= 0.6 is 0 Å². The van der Waals surface area contributed by atoms with Gasteiger partial charge in [-0.15, -0.1) is 0 Å². The predicted molar refractivity (Wildman–Crippen MR) is 89.1 cm³/mol. The summed E-state index contributed by atoms with van der Waals surface area (Å²) in [6.07, 6.45) is 2.36. The third-order valence-corrected chi connectivity index (χ3v) is 4.17. The van der Waals surface area contributed by atoms with Crippen LogP contribution in [0, 0.1) is 17.8 Å². The fourth-order valence-electron chi connectivity index (χ4n) is 3.12. The van der Waals surface area contributed by atoms with Crippen molar-refractivity contribution >= 4 is 5.91 Å². The van der Waals surface area contributed by atoms with Crippen LogP contribution in [0.25, 0.3) is 0 Å². The Bertz CT molecular complexity index is 305. The minimum Gasteiger partial charge on any atom is -0.341 e. The van der Waals surface area contributed by atoms with Crippen LogP contribution in [0.4, 0.5) is 0 Å². The summed E-state index contributed by atoms with van der Waals surface area (Å²) in [5.41, 5.74) is 6.03. The van der Waals surface area contributed by atoms with Crippen LogP contribution in [0.1, 0.15) is 47.5 Å². The van der Waals surface area contributed by atoms with E-state index in [-0.39, 0.29) is 11.9 Å². The van der Waals surface area contributed by atoms with Gasteiger partial charge >= 0.3 is 0 Å². The normalized spacial score (nSPS) is 21.8. The maximum Gasteiger partial charge on any atom is 0.236 e. The van der Waals surface area contributed by atoms with E-state index in [4.69, 9.17) is 5.73 Å². The van der Waals surface area contributed by atoms with Crippen LogP contribution in [0.2, 0.25) is 0 Å². The minimum absolute atomic E-state index is 0.227. The van der Waals surface area contributed by atoms with Crippen molar-refractivity contribution in [1.82, 2.24) is 9.80 Å². The molecule has 4 nitrogen and oxygen atoms in total. The smallest absolute Gasteiger partial charge is 0.236 e. The molecule has 2 atom stereocenters. The van der Waals surface area contributed by atoms with Crippen molar-refractivity contribution in [3.8, 4) is 0 Å². The molecule has 21 heavy (non-hydrogen) atoms. The molecule has 1 saturated heterocycles. The first-order valence-corrected chi connectivity index (χ1v) is 8.55. The topological polar surface area (TPSA) is 49.6 Å².